The first-order valence-electron chi connectivity index (χ1n) is 8.24. The van der Waals surface area contributed by atoms with Crippen molar-refractivity contribution < 1.29 is 9.59 Å². The van der Waals surface area contributed by atoms with E-state index in [1.54, 1.807) is 28.9 Å². The minimum Gasteiger partial charge on any atom is -0.369 e. The zero-order chi connectivity index (χ0) is 17.5. The summed E-state index contributed by atoms with van der Waals surface area (Å²) in [5.74, 6) is 0.586. The molecule has 2 amide bonds. The number of nitrogens with zero attached hydrogens (tertiary/aromatic N) is 5. The van der Waals surface area contributed by atoms with Gasteiger partial charge in [-0.15, -0.1) is 10.2 Å². The summed E-state index contributed by atoms with van der Waals surface area (Å²) >= 11 is 0. The van der Waals surface area contributed by atoms with Gasteiger partial charge in [-0.1, -0.05) is 0 Å². The summed E-state index contributed by atoms with van der Waals surface area (Å²) in [6.45, 7) is 5.57. The molecule has 0 aliphatic carbocycles. The maximum Gasteiger partial charge on any atom is 0.274 e. The summed E-state index contributed by atoms with van der Waals surface area (Å²) in [7, 11) is 4.08. The predicted octanol–water partition coefficient (Wildman–Crippen LogP) is 0.145. The molecule has 0 spiro atoms. The van der Waals surface area contributed by atoms with Crippen LogP contribution in [0.5, 0.6) is 0 Å². The molecule has 0 radical (unpaired) electrons. The third kappa shape index (κ3) is 5.16. The molecule has 1 aliphatic heterocycles. The van der Waals surface area contributed by atoms with Crippen molar-refractivity contribution in [2.24, 2.45) is 0 Å². The molecule has 1 fully saturated rings. The quantitative estimate of drug-likeness (QED) is 0.746. The van der Waals surface area contributed by atoms with Crippen molar-refractivity contribution in [2.45, 2.75) is 13.3 Å². The number of nitrogens with one attached hydrogen (secondary N) is 1. The highest BCUT2D eigenvalue weighted by molar-refractivity contribution is 5.92. The van der Waals surface area contributed by atoms with E-state index in [1.165, 1.54) is 0 Å². The standard InChI is InChI=1S/C16H26N6O2/c1-13(23)21-9-11-22(12-10-21)16(24)14-5-6-15(19-18-14)17-7-4-8-20(2)3/h5-6H,4,7-12H2,1-3H3,(H,17,19). The third-order valence-corrected chi connectivity index (χ3v) is 3.98. The van der Waals surface area contributed by atoms with Gasteiger partial charge in [-0.25, -0.2) is 0 Å². The second-order valence-corrected chi connectivity index (χ2v) is 6.19. The highest BCUT2D eigenvalue weighted by Gasteiger charge is 2.24. The molecule has 1 aromatic heterocycles. The number of rotatable bonds is 6. The molecule has 0 unspecified atom stereocenters. The zero-order valence-corrected chi connectivity index (χ0v) is 14.7. The number of anilines is 1. The molecule has 0 aromatic carbocycles. The van der Waals surface area contributed by atoms with Gasteiger partial charge in [0.25, 0.3) is 5.91 Å². The smallest absolute Gasteiger partial charge is 0.274 e. The summed E-state index contributed by atoms with van der Waals surface area (Å²) in [5.41, 5.74) is 0.338. The van der Waals surface area contributed by atoms with Crippen LogP contribution in [0.15, 0.2) is 12.1 Å². The van der Waals surface area contributed by atoms with Crippen LogP contribution in [0.1, 0.15) is 23.8 Å². The second-order valence-electron chi connectivity index (χ2n) is 6.19. The van der Waals surface area contributed by atoms with Crippen molar-refractivity contribution in [3.63, 3.8) is 0 Å². The molecule has 1 N–H and O–H groups in total. The number of amides is 2. The monoisotopic (exact) mass is 334 g/mol. The Morgan fingerprint density at radius 3 is 2.33 bits per heavy atom. The van der Waals surface area contributed by atoms with Gasteiger partial charge in [0.05, 0.1) is 0 Å². The van der Waals surface area contributed by atoms with Gasteiger partial charge in [0.15, 0.2) is 5.69 Å². The Hall–Kier alpha value is -2.22. The lowest BCUT2D eigenvalue weighted by atomic mass is 10.2. The molecule has 1 saturated heterocycles. The van der Waals surface area contributed by atoms with Gasteiger partial charge >= 0.3 is 0 Å². The molecule has 132 valence electrons. The van der Waals surface area contributed by atoms with Gasteiger partial charge in [-0.2, -0.15) is 0 Å². The van der Waals surface area contributed by atoms with Crippen LogP contribution < -0.4 is 5.32 Å². The lowest BCUT2D eigenvalue weighted by Crippen LogP contribution is -2.50. The molecule has 1 aliphatic rings. The van der Waals surface area contributed by atoms with Gasteiger partial charge < -0.3 is 20.0 Å². The fourth-order valence-electron chi connectivity index (χ4n) is 2.54. The third-order valence-electron chi connectivity index (χ3n) is 3.98. The van der Waals surface area contributed by atoms with Gasteiger partial charge in [0.2, 0.25) is 5.91 Å². The van der Waals surface area contributed by atoms with Crippen LogP contribution in [0.25, 0.3) is 0 Å². The number of piperazine rings is 1. The fraction of sp³-hybridized carbons (Fsp3) is 0.625. The van der Waals surface area contributed by atoms with E-state index in [9.17, 15) is 9.59 Å². The van der Waals surface area contributed by atoms with Crippen LogP contribution >= 0.6 is 0 Å². The van der Waals surface area contributed by atoms with E-state index in [0.717, 1.165) is 19.5 Å². The lowest BCUT2D eigenvalue weighted by molar-refractivity contribution is -0.130. The maximum absolute atomic E-state index is 12.4. The molecule has 0 bridgehead atoms. The first kappa shape index (κ1) is 18.1. The van der Waals surface area contributed by atoms with Crippen molar-refractivity contribution in [1.82, 2.24) is 24.9 Å². The van der Waals surface area contributed by atoms with Crippen molar-refractivity contribution in [1.29, 1.82) is 0 Å². The van der Waals surface area contributed by atoms with Crippen LogP contribution in [0, 0.1) is 0 Å². The summed E-state index contributed by atoms with van der Waals surface area (Å²) in [5, 5.41) is 11.3. The van der Waals surface area contributed by atoms with Gasteiger partial charge in [0.1, 0.15) is 5.82 Å². The molecule has 0 saturated carbocycles. The first-order chi connectivity index (χ1) is 11.5. The second kappa shape index (κ2) is 8.58. The molecular formula is C16H26N6O2. The van der Waals surface area contributed by atoms with E-state index < -0.39 is 0 Å². The van der Waals surface area contributed by atoms with Crippen molar-refractivity contribution >= 4 is 17.6 Å². The number of carbonyl (C=O) groups excluding carboxylic acids is 2. The predicted molar refractivity (Wildman–Crippen MR) is 91.9 cm³/mol. The van der Waals surface area contributed by atoms with Crippen molar-refractivity contribution in [3.05, 3.63) is 17.8 Å². The van der Waals surface area contributed by atoms with Crippen LogP contribution in [0.3, 0.4) is 0 Å². The SMILES string of the molecule is CC(=O)N1CCN(C(=O)c2ccc(NCCCN(C)C)nn2)CC1. The van der Waals surface area contributed by atoms with Crippen molar-refractivity contribution in [3.8, 4) is 0 Å². The largest absolute Gasteiger partial charge is 0.369 e. The molecule has 0 atom stereocenters. The molecular weight excluding hydrogens is 308 g/mol. The molecule has 2 rings (SSSR count). The fourth-order valence-corrected chi connectivity index (χ4v) is 2.54. The lowest BCUT2D eigenvalue weighted by Gasteiger charge is -2.33. The van der Waals surface area contributed by atoms with Crippen LogP contribution in [0.2, 0.25) is 0 Å². The van der Waals surface area contributed by atoms with Gasteiger partial charge in [0, 0.05) is 39.6 Å². The summed E-state index contributed by atoms with van der Waals surface area (Å²) < 4.78 is 0. The first-order valence-corrected chi connectivity index (χ1v) is 8.24. The Kier molecular flexibility index (Phi) is 6.48. The Morgan fingerprint density at radius 1 is 1.12 bits per heavy atom. The van der Waals surface area contributed by atoms with Gasteiger partial charge in [-0.3, -0.25) is 9.59 Å². The Bertz CT molecular complexity index is 552. The van der Waals surface area contributed by atoms with Gasteiger partial charge in [-0.05, 0) is 39.2 Å². The van der Waals surface area contributed by atoms with E-state index in [0.29, 0.717) is 37.7 Å². The summed E-state index contributed by atoms with van der Waals surface area (Å²) in [4.78, 5) is 29.3. The van der Waals surface area contributed by atoms with Crippen LogP contribution in [-0.4, -0.2) is 90.1 Å². The Labute approximate surface area is 142 Å². The average Bonchev–Trinajstić information content (AvgIpc) is 2.58. The maximum atomic E-state index is 12.4. The molecule has 8 heteroatoms. The molecule has 2 heterocycles. The van der Waals surface area contributed by atoms with Crippen LogP contribution in [0.4, 0.5) is 5.82 Å². The number of hydrogen-bond acceptors (Lipinski definition) is 6. The van der Waals surface area contributed by atoms with E-state index in [4.69, 9.17) is 0 Å². The number of carbonyl (C=O) groups is 2. The highest BCUT2D eigenvalue weighted by atomic mass is 16.2. The van der Waals surface area contributed by atoms with E-state index in [2.05, 4.69) is 20.4 Å². The van der Waals surface area contributed by atoms with E-state index in [1.807, 2.05) is 14.1 Å². The Balaban J connectivity index is 1.82. The van der Waals surface area contributed by atoms with E-state index >= 15 is 0 Å². The number of hydrogen-bond donors (Lipinski definition) is 1. The molecule has 1 aromatic rings. The summed E-state index contributed by atoms with van der Waals surface area (Å²) in [6.07, 6.45) is 1.01. The van der Waals surface area contributed by atoms with Crippen molar-refractivity contribution in [2.75, 3.05) is 58.7 Å². The topological polar surface area (TPSA) is 81.7 Å². The zero-order valence-electron chi connectivity index (χ0n) is 14.7. The normalized spacial score (nSPS) is 14.8. The molecule has 8 nitrogen and oxygen atoms in total. The minimum atomic E-state index is -0.134. The minimum absolute atomic E-state index is 0.0478. The average molecular weight is 334 g/mol. The Morgan fingerprint density at radius 2 is 1.79 bits per heavy atom. The van der Waals surface area contributed by atoms with E-state index in [-0.39, 0.29) is 11.8 Å². The molecule has 24 heavy (non-hydrogen) atoms. The highest BCUT2D eigenvalue weighted by Crippen LogP contribution is 2.09. The number of aromatic nitrogens is 2. The van der Waals surface area contributed by atoms with Crippen LogP contribution in [-0.2, 0) is 4.79 Å². The summed E-state index contributed by atoms with van der Waals surface area (Å²) in [6, 6.07) is 3.47.